The minimum atomic E-state index is -0.985. The van der Waals surface area contributed by atoms with E-state index in [-0.39, 0.29) is 12.5 Å². The Bertz CT molecular complexity index is 818. The lowest BCUT2D eigenvalue weighted by molar-refractivity contribution is -0.144. The molecule has 2 unspecified atom stereocenters. The van der Waals surface area contributed by atoms with Crippen LogP contribution in [-0.4, -0.2) is 34.7 Å². The number of carboxylic acids is 1. The number of carboxylic acid groups (broad SMARTS) is 1. The Morgan fingerprint density at radius 3 is 2.56 bits per heavy atom. The van der Waals surface area contributed by atoms with E-state index in [0.29, 0.717) is 13.0 Å². The predicted molar refractivity (Wildman–Crippen MR) is 103 cm³/mol. The number of hydrogen-bond donors (Lipinski definition) is 1. The van der Waals surface area contributed by atoms with E-state index in [0.717, 1.165) is 12.0 Å². The van der Waals surface area contributed by atoms with Gasteiger partial charge in [-0.25, -0.2) is 9.59 Å². The van der Waals surface area contributed by atoms with E-state index in [1.165, 1.54) is 21.6 Å². The van der Waals surface area contributed by atoms with Crippen LogP contribution in [0.3, 0.4) is 0 Å². The van der Waals surface area contributed by atoms with Crippen LogP contribution in [0.4, 0.5) is 4.79 Å². The largest absolute Gasteiger partial charge is 0.480 e. The van der Waals surface area contributed by atoms with Gasteiger partial charge in [-0.1, -0.05) is 54.1 Å². The molecule has 3 rings (SSSR count). The maximum atomic E-state index is 12.5. The summed E-state index contributed by atoms with van der Waals surface area (Å²) in [5.41, 5.74) is 4.41. The number of nitrogens with zero attached hydrogens (tertiary/aromatic N) is 1. The van der Waals surface area contributed by atoms with Crippen molar-refractivity contribution in [1.82, 2.24) is 4.90 Å². The van der Waals surface area contributed by atoms with E-state index in [2.05, 4.69) is 25.1 Å². The summed E-state index contributed by atoms with van der Waals surface area (Å²) < 4.78 is 5.35. The molecule has 1 saturated heterocycles. The number of carbonyl (C=O) groups excluding carboxylic acids is 1. The standard InChI is InChI=1S/C22H25NO4/c1-15-8-9-19(16(2)12-15)18-10-11-23(20(13-18)21(24)25)22(26)27-14-17-6-4-3-5-7-17/h3-9,12,18,20H,10-11,13-14H2,1-2H3,(H,24,25). The molecule has 1 heterocycles. The molecule has 142 valence electrons. The van der Waals surface area contributed by atoms with Gasteiger partial charge in [-0.3, -0.25) is 4.90 Å². The summed E-state index contributed by atoms with van der Waals surface area (Å²) in [7, 11) is 0. The molecule has 5 nitrogen and oxygen atoms in total. The van der Waals surface area contributed by atoms with Crippen LogP contribution in [0.2, 0.25) is 0 Å². The number of ether oxygens (including phenoxy) is 1. The van der Waals surface area contributed by atoms with Crippen LogP contribution in [0.5, 0.6) is 0 Å². The normalized spacial score (nSPS) is 19.6. The Balaban J connectivity index is 1.69. The molecule has 2 atom stereocenters. The molecule has 2 aromatic rings. The van der Waals surface area contributed by atoms with Crippen LogP contribution in [0.1, 0.15) is 41.0 Å². The van der Waals surface area contributed by atoms with Crippen molar-refractivity contribution in [1.29, 1.82) is 0 Å². The predicted octanol–water partition coefficient (Wildman–Crippen LogP) is 4.27. The summed E-state index contributed by atoms with van der Waals surface area (Å²) in [6.45, 7) is 4.62. The second kappa shape index (κ2) is 8.25. The Labute approximate surface area is 159 Å². The quantitative estimate of drug-likeness (QED) is 0.876. The molecule has 27 heavy (non-hydrogen) atoms. The number of amides is 1. The van der Waals surface area contributed by atoms with Gasteiger partial charge in [0.15, 0.2) is 0 Å². The average Bonchev–Trinajstić information content (AvgIpc) is 2.66. The van der Waals surface area contributed by atoms with Crippen LogP contribution in [0.15, 0.2) is 48.5 Å². The number of carbonyl (C=O) groups is 2. The summed E-state index contributed by atoms with van der Waals surface area (Å²) >= 11 is 0. The highest BCUT2D eigenvalue weighted by atomic mass is 16.6. The van der Waals surface area contributed by atoms with Crippen LogP contribution >= 0.6 is 0 Å². The number of rotatable bonds is 4. The summed E-state index contributed by atoms with van der Waals surface area (Å²) in [6, 6.07) is 14.8. The third kappa shape index (κ3) is 4.48. The molecule has 0 spiro atoms. The van der Waals surface area contributed by atoms with Gasteiger partial charge < -0.3 is 9.84 Å². The summed E-state index contributed by atoms with van der Waals surface area (Å²) in [6.07, 6.45) is 0.568. The Kier molecular flexibility index (Phi) is 5.79. The minimum Gasteiger partial charge on any atom is -0.480 e. The van der Waals surface area contributed by atoms with Crippen LogP contribution in [0, 0.1) is 13.8 Å². The molecule has 0 aromatic heterocycles. The monoisotopic (exact) mass is 367 g/mol. The summed E-state index contributed by atoms with van der Waals surface area (Å²) in [5, 5.41) is 9.67. The zero-order valence-corrected chi connectivity index (χ0v) is 15.7. The molecule has 0 saturated carbocycles. The van der Waals surface area contributed by atoms with E-state index in [1.807, 2.05) is 37.3 Å². The lowest BCUT2D eigenvalue weighted by Gasteiger charge is -2.37. The van der Waals surface area contributed by atoms with Crippen LogP contribution < -0.4 is 0 Å². The lowest BCUT2D eigenvalue weighted by atomic mass is 9.83. The van der Waals surface area contributed by atoms with E-state index in [4.69, 9.17) is 4.74 Å². The highest BCUT2D eigenvalue weighted by Crippen LogP contribution is 2.34. The number of piperidine rings is 1. The van der Waals surface area contributed by atoms with Gasteiger partial charge in [-0.15, -0.1) is 0 Å². The first-order chi connectivity index (χ1) is 13.0. The van der Waals surface area contributed by atoms with Crippen LogP contribution in [-0.2, 0) is 16.1 Å². The molecule has 1 fully saturated rings. The fraction of sp³-hybridized carbons (Fsp3) is 0.364. The Hall–Kier alpha value is -2.82. The van der Waals surface area contributed by atoms with Crippen molar-refractivity contribution < 1.29 is 19.4 Å². The summed E-state index contributed by atoms with van der Waals surface area (Å²) in [5.74, 6) is -0.856. The molecule has 0 bridgehead atoms. The van der Waals surface area contributed by atoms with Crippen LogP contribution in [0.25, 0.3) is 0 Å². The SMILES string of the molecule is Cc1ccc(C2CCN(C(=O)OCc3ccccc3)C(C(=O)O)C2)c(C)c1. The highest BCUT2D eigenvalue weighted by molar-refractivity contribution is 5.80. The van der Waals surface area contributed by atoms with E-state index >= 15 is 0 Å². The van der Waals surface area contributed by atoms with Gasteiger partial charge in [0, 0.05) is 6.54 Å². The van der Waals surface area contributed by atoms with Crippen molar-refractivity contribution in [3.05, 3.63) is 70.8 Å². The molecule has 2 aromatic carbocycles. The first-order valence-electron chi connectivity index (χ1n) is 9.23. The first kappa shape index (κ1) is 19.0. The number of benzene rings is 2. The Morgan fingerprint density at radius 2 is 1.89 bits per heavy atom. The lowest BCUT2D eigenvalue weighted by Crippen LogP contribution is -2.49. The molecular weight excluding hydrogens is 342 g/mol. The third-order valence-electron chi connectivity index (χ3n) is 5.19. The molecular formula is C22H25NO4. The van der Waals surface area contributed by atoms with Crippen molar-refractivity contribution in [2.75, 3.05) is 6.54 Å². The third-order valence-corrected chi connectivity index (χ3v) is 5.19. The summed E-state index contributed by atoms with van der Waals surface area (Å²) in [4.78, 5) is 25.6. The van der Waals surface area contributed by atoms with Gasteiger partial charge in [0.25, 0.3) is 0 Å². The Morgan fingerprint density at radius 1 is 1.15 bits per heavy atom. The zero-order chi connectivity index (χ0) is 19.4. The van der Waals surface area contributed by atoms with Gasteiger partial charge in [-0.2, -0.15) is 0 Å². The van der Waals surface area contributed by atoms with E-state index in [9.17, 15) is 14.7 Å². The van der Waals surface area contributed by atoms with Crippen molar-refractivity contribution in [2.45, 2.75) is 45.3 Å². The number of hydrogen-bond acceptors (Lipinski definition) is 3. The smallest absolute Gasteiger partial charge is 0.410 e. The molecule has 1 N–H and O–H groups in total. The molecule has 1 aliphatic heterocycles. The van der Waals surface area contributed by atoms with Crippen molar-refractivity contribution in [2.24, 2.45) is 0 Å². The average molecular weight is 367 g/mol. The first-order valence-corrected chi connectivity index (χ1v) is 9.23. The van der Waals surface area contributed by atoms with Crippen molar-refractivity contribution in [3.63, 3.8) is 0 Å². The maximum Gasteiger partial charge on any atom is 0.410 e. The topological polar surface area (TPSA) is 66.8 Å². The van der Waals surface area contributed by atoms with Gasteiger partial charge in [0.2, 0.25) is 0 Å². The second-order valence-electron chi connectivity index (χ2n) is 7.17. The van der Waals surface area contributed by atoms with Gasteiger partial charge in [0.05, 0.1) is 0 Å². The van der Waals surface area contributed by atoms with Crippen molar-refractivity contribution in [3.8, 4) is 0 Å². The minimum absolute atomic E-state index is 0.130. The van der Waals surface area contributed by atoms with E-state index < -0.39 is 18.1 Å². The number of aryl methyl sites for hydroxylation is 2. The number of likely N-dealkylation sites (tertiary alicyclic amines) is 1. The zero-order valence-electron chi connectivity index (χ0n) is 15.7. The highest BCUT2D eigenvalue weighted by Gasteiger charge is 2.37. The molecule has 0 aliphatic carbocycles. The van der Waals surface area contributed by atoms with Gasteiger partial charge in [0.1, 0.15) is 12.6 Å². The molecule has 1 amide bonds. The second-order valence-corrected chi connectivity index (χ2v) is 7.17. The fourth-order valence-electron chi connectivity index (χ4n) is 3.79. The maximum absolute atomic E-state index is 12.5. The number of aliphatic carboxylic acids is 1. The molecule has 5 heteroatoms. The van der Waals surface area contributed by atoms with Gasteiger partial charge in [-0.05, 0) is 49.3 Å². The van der Waals surface area contributed by atoms with Gasteiger partial charge >= 0.3 is 12.1 Å². The fourth-order valence-corrected chi connectivity index (χ4v) is 3.79. The van der Waals surface area contributed by atoms with E-state index in [1.54, 1.807) is 0 Å². The molecule has 1 aliphatic rings. The van der Waals surface area contributed by atoms with Crippen molar-refractivity contribution >= 4 is 12.1 Å². The molecule has 0 radical (unpaired) electrons.